The van der Waals surface area contributed by atoms with Crippen molar-refractivity contribution in [2.75, 3.05) is 12.4 Å². The first-order valence-electron chi connectivity index (χ1n) is 7.26. The van der Waals surface area contributed by atoms with Gasteiger partial charge in [-0.2, -0.15) is 0 Å². The molecule has 0 spiro atoms. The minimum atomic E-state index is -0.125. The maximum absolute atomic E-state index is 11.5. The van der Waals surface area contributed by atoms with E-state index < -0.39 is 0 Å². The third-order valence-corrected chi connectivity index (χ3v) is 3.94. The maximum Gasteiger partial charge on any atom is 0.224 e. The van der Waals surface area contributed by atoms with Crippen LogP contribution >= 0.6 is 11.6 Å². The second-order valence-corrected chi connectivity index (χ2v) is 5.54. The summed E-state index contributed by atoms with van der Waals surface area (Å²) in [5, 5.41) is 13.3. The maximum atomic E-state index is 11.5. The summed E-state index contributed by atoms with van der Waals surface area (Å²) in [5.74, 6) is 0.924. The third-order valence-electron chi connectivity index (χ3n) is 3.64. The number of fused-ring (bicyclic) bond motifs is 1. The molecule has 7 heteroatoms. The van der Waals surface area contributed by atoms with Crippen molar-refractivity contribution in [3.8, 4) is 17.2 Å². The van der Waals surface area contributed by atoms with Crippen LogP contribution in [0.4, 0.5) is 11.4 Å². The summed E-state index contributed by atoms with van der Waals surface area (Å²) < 4.78 is 10.6. The fourth-order valence-corrected chi connectivity index (χ4v) is 2.72. The highest BCUT2D eigenvalue weighted by molar-refractivity contribution is 6.34. The second-order valence-electron chi connectivity index (χ2n) is 5.13. The SMILES string of the molecule is COc1ccccc1OC=Nc1cc(Cl)c2c(c1O)CCC(=O)N2. The Bertz CT molecular complexity index is 820. The van der Waals surface area contributed by atoms with E-state index in [4.69, 9.17) is 21.1 Å². The molecule has 1 aliphatic heterocycles. The Morgan fingerprint density at radius 2 is 2.04 bits per heavy atom. The highest BCUT2D eigenvalue weighted by Crippen LogP contribution is 2.43. The molecule has 2 N–H and O–H groups in total. The van der Waals surface area contributed by atoms with Crippen molar-refractivity contribution in [2.24, 2.45) is 4.99 Å². The van der Waals surface area contributed by atoms with Crippen molar-refractivity contribution in [3.05, 3.63) is 40.9 Å². The average Bonchev–Trinajstić information content (AvgIpc) is 2.59. The molecule has 2 aromatic carbocycles. The molecule has 0 unspecified atom stereocenters. The number of aliphatic imine (C=N–C) groups is 1. The summed E-state index contributed by atoms with van der Waals surface area (Å²) in [6.07, 6.45) is 1.91. The number of hydrogen-bond acceptors (Lipinski definition) is 5. The number of nitrogens with zero attached hydrogens (tertiary/aromatic N) is 1. The first-order chi connectivity index (χ1) is 11.6. The molecule has 0 bridgehead atoms. The molecule has 0 aromatic heterocycles. The Balaban J connectivity index is 1.85. The Morgan fingerprint density at radius 1 is 1.29 bits per heavy atom. The molecule has 0 fully saturated rings. The van der Waals surface area contributed by atoms with E-state index in [1.165, 1.54) is 12.5 Å². The summed E-state index contributed by atoms with van der Waals surface area (Å²) in [6, 6.07) is 8.61. The van der Waals surface area contributed by atoms with Crippen molar-refractivity contribution in [2.45, 2.75) is 12.8 Å². The Kier molecular flexibility index (Phi) is 4.57. The summed E-state index contributed by atoms with van der Waals surface area (Å²) >= 11 is 6.17. The summed E-state index contributed by atoms with van der Waals surface area (Å²) in [5.41, 5.74) is 1.28. The molecule has 1 amide bonds. The zero-order valence-corrected chi connectivity index (χ0v) is 13.6. The number of halogens is 1. The second kappa shape index (κ2) is 6.80. The lowest BCUT2D eigenvalue weighted by atomic mass is 10.0. The molecule has 1 aliphatic rings. The van der Waals surface area contributed by atoms with Crippen molar-refractivity contribution < 1.29 is 19.4 Å². The number of methoxy groups -OCH3 is 1. The van der Waals surface area contributed by atoms with E-state index in [2.05, 4.69) is 10.3 Å². The van der Waals surface area contributed by atoms with E-state index in [0.717, 1.165) is 0 Å². The monoisotopic (exact) mass is 346 g/mol. The van der Waals surface area contributed by atoms with Gasteiger partial charge in [0.15, 0.2) is 17.9 Å². The van der Waals surface area contributed by atoms with Crippen molar-refractivity contribution in [1.82, 2.24) is 0 Å². The number of para-hydroxylation sites is 2. The summed E-state index contributed by atoms with van der Waals surface area (Å²) in [7, 11) is 1.54. The number of nitrogens with one attached hydrogen (secondary N) is 1. The molecule has 1 heterocycles. The zero-order chi connectivity index (χ0) is 17.1. The van der Waals surface area contributed by atoms with Crippen LogP contribution in [0.25, 0.3) is 0 Å². The molecule has 0 radical (unpaired) electrons. The van der Waals surface area contributed by atoms with Crippen LogP contribution in [0.3, 0.4) is 0 Å². The van der Waals surface area contributed by atoms with Crippen LogP contribution in [0.1, 0.15) is 12.0 Å². The number of phenols is 1. The van der Waals surface area contributed by atoms with E-state index in [1.807, 2.05) is 12.1 Å². The number of rotatable bonds is 4. The normalized spacial score (nSPS) is 13.5. The lowest BCUT2D eigenvalue weighted by molar-refractivity contribution is -0.116. The highest BCUT2D eigenvalue weighted by Gasteiger charge is 2.23. The van der Waals surface area contributed by atoms with Crippen molar-refractivity contribution >= 4 is 35.3 Å². The van der Waals surface area contributed by atoms with E-state index in [-0.39, 0.29) is 17.3 Å². The van der Waals surface area contributed by atoms with Gasteiger partial charge in [0, 0.05) is 12.0 Å². The predicted octanol–water partition coefficient (Wildman–Crippen LogP) is 3.68. The number of aromatic hydroxyl groups is 1. The number of benzene rings is 2. The molecule has 24 heavy (non-hydrogen) atoms. The molecule has 0 saturated carbocycles. The van der Waals surface area contributed by atoms with Gasteiger partial charge in [-0.3, -0.25) is 4.79 Å². The molecule has 0 saturated heterocycles. The van der Waals surface area contributed by atoms with Crippen LogP contribution < -0.4 is 14.8 Å². The van der Waals surface area contributed by atoms with Crippen LogP contribution in [-0.2, 0) is 11.2 Å². The molecule has 2 aromatic rings. The number of ether oxygens (including phenoxy) is 2. The van der Waals surface area contributed by atoms with Crippen molar-refractivity contribution in [1.29, 1.82) is 0 Å². The first kappa shape index (κ1) is 16.1. The summed E-state index contributed by atoms with van der Waals surface area (Å²) in [4.78, 5) is 15.6. The number of carbonyl (C=O) groups excluding carboxylic acids is 1. The molecular formula is C17H15ClN2O4. The van der Waals surface area contributed by atoms with Gasteiger partial charge in [0.1, 0.15) is 11.4 Å². The van der Waals surface area contributed by atoms with Gasteiger partial charge in [-0.25, -0.2) is 4.99 Å². The Labute approximate surface area is 143 Å². The fourth-order valence-electron chi connectivity index (χ4n) is 2.45. The van der Waals surface area contributed by atoms with E-state index in [1.54, 1.807) is 19.2 Å². The van der Waals surface area contributed by atoms with E-state index in [0.29, 0.717) is 40.6 Å². The van der Waals surface area contributed by atoms with Gasteiger partial charge in [-0.05, 0) is 24.6 Å². The minimum Gasteiger partial charge on any atom is -0.505 e. The number of hydrogen-bond donors (Lipinski definition) is 2. The first-order valence-corrected chi connectivity index (χ1v) is 7.64. The van der Waals surface area contributed by atoms with Crippen LogP contribution in [0.2, 0.25) is 5.02 Å². The van der Waals surface area contributed by atoms with Gasteiger partial charge in [0.05, 0.1) is 17.8 Å². The largest absolute Gasteiger partial charge is 0.505 e. The van der Waals surface area contributed by atoms with Gasteiger partial charge < -0.3 is 19.9 Å². The zero-order valence-electron chi connectivity index (χ0n) is 12.9. The van der Waals surface area contributed by atoms with Crippen LogP contribution in [0.15, 0.2) is 35.3 Å². The van der Waals surface area contributed by atoms with Gasteiger partial charge >= 0.3 is 0 Å². The topological polar surface area (TPSA) is 80.2 Å². The predicted molar refractivity (Wildman–Crippen MR) is 91.8 cm³/mol. The molecule has 0 atom stereocenters. The number of carbonyl (C=O) groups is 1. The van der Waals surface area contributed by atoms with E-state index >= 15 is 0 Å². The van der Waals surface area contributed by atoms with Gasteiger partial charge in [0.2, 0.25) is 5.91 Å². The number of amides is 1. The van der Waals surface area contributed by atoms with Gasteiger partial charge in [0.25, 0.3) is 0 Å². The third kappa shape index (κ3) is 3.14. The molecule has 0 aliphatic carbocycles. The average molecular weight is 347 g/mol. The molecule has 124 valence electrons. The van der Waals surface area contributed by atoms with Crippen LogP contribution in [0.5, 0.6) is 17.2 Å². The van der Waals surface area contributed by atoms with Crippen molar-refractivity contribution in [3.63, 3.8) is 0 Å². The number of phenolic OH excluding ortho intramolecular Hbond substituents is 1. The Morgan fingerprint density at radius 3 is 2.79 bits per heavy atom. The number of anilines is 1. The lowest BCUT2D eigenvalue weighted by Crippen LogP contribution is -2.19. The minimum absolute atomic E-state index is 0.0192. The standard InChI is InChI=1S/C17H15ClN2O4/c1-23-13-4-2-3-5-14(13)24-9-19-12-8-11(18)16-10(17(12)22)6-7-15(21)20-16/h2-5,8-9,22H,6-7H2,1H3,(H,20,21). The molecule has 3 rings (SSSR count). The lowest BCUT2D eigenvalue weighted by Gasteiger charge is -2.20. The molecule has 6 nitrogen and oxygen atoms in total. The van der Waals surface area contributed by atoms with Gasteiger partial charge in [-0.15, -0.1) is 0 Å². The quantitative estimate of drug-likeness (QED) is 0.653. The highest BCUT2D eigenvalue weighted by atomic mass is 35.5. The summed E-state index contributed by atoms with van der Waals surface area (Å²) in [6.45, 7) is 0. The molecular weight excluding hydrogens is 332 g/mol. The fraction of sp³-hybridized carbons (Fsp3) is 0.176. The van der Waals surface area contributed by atoms with E-state index in [9.17, 15) is 9.90 Å². The smallest absolute Gasteiger partial charge is 0.224 e. The van der Waals surface area contributed by atoms with Crippen LogP contribution in [0, 0.1) is 0 Å². The Hall–Kier alpha value is -2.73. The van der Waals surface area contributed by atoms with Crippen LogP contribution in [-0.4, -0.2) is 24.5 Å². The van der Waals surface area contributed by atoms with Gasteiger partial charge in [-0.1, -0.05) is 23.7 Å².